The number of aliphatic carboxylic acids is 1. The molecule has 0 aromatic heterocycles. The van der Waals surface area contributed by atoms with Crippen LogP contribution in [0.4, 0.5) is 0 Å². The Kier molecular flexibility index (Phi) is 13.3. The van der Waals surface area contributed by atoms with Crippen LogP contribution in [-0.4, -0.2) is 68.9 Å². The van der Waals surface area contributed by atoms with E-state index in [1.807, 2.05) is 32.1 Å². The van der Waals surface area contributed by atoms with E-state index in [0.29, 0.717) is 31.1 Å². The number of phenols is 1. The molecule has 0 radical (unpaired) electrons. The summed E-state index contributed by atoms with van der Waals surface area (Å²) in [5.74, 6) is -0.0610. The number of carboxylic acid groups (broad SMARTS) is 1. The number of aliphatic hydroxyl groups is 3. The minimum absolute atomic E-state index is 0.0342. The maximum atomic E-state index is 11.1. The smallest absolute Gasteiger partial charge is 0.303 e. The van der Waals surface area contributed by atoms with Crippen LogP contribution in [0.5, 0.6) is 5.75 Å². The minimum atomic E-state index is -0.967. The molecule has 1 aromatic carbocycles. The molecule has 8 nitrogen and oxygen atoms in total. The largest absolute Gasteiger partial charge is 0.507 e. The fourth-order valence-electron chi connectivity index (χ4n) is 7.02. The van der Waals surface area contributed by atoms with Crippen molar-refractivity contribution in [2.24, 2.45) is 27.2 Å². The second-order valence-corrected chi connectivity index (χ2v) is 18.6. The standard InChI is InChI=1S/C23H37NO4.C18H30O3/c1-8-16-12-28-20(24-16)23(13-25,14-26)11-15-9-17(21(2,3)4)19(27)18(10-15)22(5,6)7;1-16(2,3)13-10-12(8-9-15(19)20)11-14(17(4,5)6)18(13,7)21/h9-10,16,25-27H,8,11-14H2,1-7H3;10-11,13,21H,8-9H2,1-7H3,(H,19,20). The Labute approximate surface area is 296 Å². The van der Waals surface area contributed by atoms with Gasteiger partial charge in [-0.1, -0.05) is 120 Å². The molecule has 0 saturated carbocycles. The number of aliphatic imine (C=N–C) groups is 1. The van der Waals surface area contributed by atoms with Crippen LogP contribution in [0.3, 0.4) is 0 Å². The number of nitrogens with zero attached hydrogens (tertiary/aromatic N) is 1. The second-order valence-electron chi connectivity index (χ2n) is 18.6. The van der Waals surface area contributed by atoms with Gasteiger partial charge in [0.15, 0.2) is 5.90 Å². The average molecular weight is 686 g/mol. The van der Waals surface area contributed by atoms with Gasteiger partial charge >= 0.3 is 5.97 Å². The number of carbonyl (C=O) groups is 1. The number of aliphatic hydroxyl groups excluding tert-OH is 2. The fraction of sp³-hybridized carbons (Fsp3) is 0.707. The number of hydrogen-bond acceptors (Lipinski definition) is 7. The van der Waals surface area contributed by atoms with Gasteiger partial charge in [-0.05, 0) is 70.1 Å². The van der Waals surface area contributed by atoms with E-state index in [2.05, 4.69) is 94.2 Å². The molecule has 3 atom stereocenters. The van der Waals surface area contributed by atoms with Gasteiger partial charge in [-0.15, -0.1) is 0 Å². The maximum absolute atomic E-state index is 11.1. The highest BCUT2D eigenvalue weighted by Crippen LogP contribution is 2.49. The Morgan fingerprint density at radius 1 is 0.918 bits per heavy atom. The molecule has 278 valence electrons. The van der Waals surface area contributed by atoms with E-state index < -0.39 is 17.0 Å². The van der Waals surface area contributed by atoms with Crippen LogP contribution >= 0.6 is 0 Å². The lowest BCUT2D eigenvalue weighted by Gasteiger charge is -2.47. The molecule has 3 unspecified atom stereocenters. The van der Waals surface area contributed by atoms with Gasteiger partial charge in [0, 0.05) is 12.3 Å². The van der Waals surface area contributed by atoms with Crippen molar-refractivity contribution in [2.75, 3.05) is 19.8 Å². The molecule has 2 aliphatic rings. The van der Waals surface area contributed by atoms with E-state index in [-0.39, 0.29) is 53.3 Å². The topological polar surface area (TPSA) is 140 Å². The lowest BCUT2D eigenvalue weighted by molar-refractivity contribution is -0.136. The van der Waals surface area contributed by atoms with Crippen LogP contribution in [0.1, 0.15) is 133 Å². The van der Waals surface area contributed by atoms with Crippen LogP contribution in [0.15, 0.2) is 40.4 Å². The van der Waals surface area contributed by atoms with Crippen molar-refractivity contribution in [3.8, 4) is 5.75 Å². The molecule has 0 bridgehead atoms. The van der Waals surface area contributed by atoms with Gasteiger partial charge in [-0.3, -0.25) is 4.79 Å². The molecule has 0 saturated heterocycles. The quantitative estimate of drug-likeness (QED) is 0.178. The molecule has 5 N–H and O–H groups in total. The monoisotopic (exact) mass is 685 g/mol. The van der Waals surface area contributed by atoms with Gasteiger partial charge in [-0.2, -0.15) is 0 Å². The van der Waals surface area contributed by atoms with E-state index in [4.69, 9.17) is 9.84 Å². The summed E-state index contributed by atoms with van der Waals surface area (Å²) >= 11 is 0. The van der Waals surface area contributed by atoms with E-state index >= 15 is 0 Å². The van der Waals surface area contributed by atoms with Crippen LogP contribution in [0.25, 0.3) is 0 Å². The van der Waals surface area contributed by atoms with Gasteiger partial charge in [0.2, 0.25) is 0 Å². The van der Waals surface area contributed by atoms with Gasteiger partial charge in [0.1, 0.15) is 12.4 Å². The van der Waals surface area contributed by atoms with Crippen molar-refractivity contribution in [3.63, 3.8) is 0 Å². The highest BCUT2D eigenvalue weighted by atomic mass is 16.5. The predicted octanol–water partition coefficient (Wildman–Crippen LogP) is 7.89. The van der Waals surface area contributed by atoms with Crippen LogP contribution in [0, 0.1) is 22.2 Å². The Bertz CT molecular complexity index is 1370. The Hall–Kier alpha value is -2.68. The minimum Gasteiger partial charge on any atom is -0.507 e. The van der Waals surface area contributed by atoms with Crippen molar-refractivity contribution in [1.29, 1.82) is 0 Å². The number of phenolic OH excluding ortho intramolecular Hbond substituents is 1. The lowest BCUT2D eigenvalue weighted by Crippen LogP contribution is -2.47. The van der Waals surface area contributed by atoms with Gasteiger partial charge < -0.3 is 30.3 Å². The number of rotatable bonds is 9. The highest BCUT2D eigenvalue weighted by molar-refractivity contribution is 5.85. The number of carboxylic acids is 1. The summed E-state index contributed by atoms with van der Waals surface area (Å²) in [5, 5.41) is 51.4. The van der Waals surface area contributed by atoms with E-state index in [9.17, 15) is 25.2 Å². The summed E-state index contributed by atoms with van der Waals surface area (Å²) < 4.78 is 5.78. The first-order valence-corrected chi connectivity index (χ1v) is 17.8. The molecule has 8 heteroatoms. The van der Waals surface area contributed by atoms with Crippen molar-refractivity contribution < 1.29 is 35.1 Å². The third-order valence-electron chi connectivity index (χ3n) is 9.80. The second kappa shape index (κ2) is 15.3. The summed E-state index contributed by atoms with van der Waals surface area (Å²) in [6.07, 6.45) is 5.96. The SMILES string of the molecule is CC(C)(C)C1=CC(CCC(=O)O)=CC(C(C)(C)C)C1(C)O.CCC1COC(C(CO)(CO)Cc2cc(C(C)(C)C)c(O)c(C(C)(C)C)c2)=N1. The fourth-order valence-corrected chi connectivity index (χ4v) is 7.02. The van der Waals surface area contributed by atoms with Crippen molar-refractivity contribution >= 4 is 11.9 Å². The number of allylic oxidation sites excluding steroid dienone is 2. The zero-order valence-electron chi connectivity index (χ0n) is 32.9. The molecule has 0 spiro atoms. The highest BCUT2D eigenvalue weighted by Gasteiger charge is 2.46. The molecule has 0 fully saturated rings. The zero-order valence-corrected chi connectivity index (χ0v) is 32.9. The predicted molar refractivity (Wildman–Crippen MR) is 199 cm³/mol. The van der Waals surface area contributed by atoms with E-state index in [1.165, 1.54) is 0 Å². The lowest BCUT2D eigenvalue weighted by atomic mass is 9.61. The summed E-state index contributed by atoms with van der Waals surface area (Å²) in [5.41, 5.74) is 2.06. The Morgan fingerprint density at radius 3 is 1.80 bits per heavy atom. The maximum Gasteiger partial charge on any atom is 0.303 e. The van der Waals surface area contributed by atoms with Gasteiger partial charge in [-0.25, -0.2) is 4.99 Å². The molecule has 1 heterocycles. The van der Waals surface area contributed by atoms with Crippen molar-refractivity contribution in [2.45, 2.75) is 145 Å². The average Bonchev–Trinajstić information content (AvgIpc) is 3.43. The first kappa shape index (κ1) is 42.5. The molecular weight excluding hydrogens is 618 g/mol. The first-order chi connectivity index (χ1) is 22.1. The third kappa shape index (κ3) is 10.4. The molecule has 0 amide bonds. The van der Waals surface area contributed by atoms with Gasteiger partial charge in [0.05, 0.1) is 30.3 Å². The van der Waals surface area contributed by atoms with Crippen LogP contribution < -0.4 is 0 Å². The van der Waals surface area contributed by atoms with Crippen molar-refractivity contribution in [3.05, 3.63) is 52.1 Å². The molecule has 49 heavy (non-hydrogen) atoms. The first-order valence-electron chi connectivity index (χ1n) is 17.8. The Morgan fingerprint density at radius 2 is 1.43 bits per heavy atom. The normalized spacial score (nSPS) is 22.0. The van der Waals surface area contributed by atoms with E-state index in [1.54, 1.807) is 0 Å². The molecule has 1 aromatic rings. The molecule has 1 aliphatic carbocycles. The molecular formula is C41H67NO7. The number of ether oxygens (including phenoxy) is 1. The summed E-state index contributed by atoms with van der Waals surface area (Å²) in [4.78, 5) is 15.4. The summed E-state index contributed by atoms with van der Waals surface area (Å²) in [6.45, 7) is 28.9. The number of hydrogen-bond donors (Lipinski definition) is 5. The third-order valence-corrected chi connectivity index (χ3v) is 9.80. The molecule has 3 rings (SSSR count). The summed E-state index contributed by atoms with van der Waals surface area (Å²) in [6, 6.07) is 4.04. The number of benzene rings is 1. The Balaban J connectivity index is 0.000000355. The van der Waals surface area contributed by atoms with Crippen molar-refractivity contribution in [1.82, 2.24) is 0 Å². The van der Waals surface area contributed by atoms with Crippen LogP contribution in [0.2, 0.25) is 0 Å². The summed E-state index contributed by atoms with van der Waals surface area (Å²) in [7, 11) is 0. The zero-order chi connectivity index (χ0) is 38.0. The van der Waals surface area contributed by atoms with E-state index in [0.717, 1.165) is 34.3 Å². The molecule has 1 aliphatic heterocycles. The number of aromatic hydroxyl groups is 1. The van der Waals surface area contributed by atoms with Crippen LogP contribution in [-0.2, 0) is 26.8 Å². The van der Waals surface area contributed by atoms with Gasteiger partial charge in [0.25, 0.3) is 0 Å².